The SMILES string of the molecule is CC(N)(C(=O)Nc1ccc(C(=O)O)nc1)C(F)(F)F. The molecule has 9 heteroatoms. The Kier molecular flexibility index (Phi) is 3.80. The summed E-state index contributed by atoms with van der Waals surface area (Å²) in [6.45, 7) is 0.529. The number of carbonyl (C=O) groups is 2. The highest BCUT2D eigenvalue weighted by Gasteiger charge is 2.53. The van der Waals surface area contributed by atoms with Gasteiger partial charge in [-0.2, -0.15) is 13.2 Å². The second-order valence-corrected chi connectivity index (χ2v) is 3.89. The van der Waals surface area contributed by atoms with Crippen LogP contribution in [0.25, 0.3) is 0 Å². The molecule has 1 unspecified atom stereocenters. The Hall–Kier alpha value is -2.16. The monoisotopic (exact) mass is 277 g/mol. The first-order chi connectivity index (χ1) is 8.55. The van der Waals surface area contributed by atoms with Crippen LogP contribution in [0.2, 0.25) is 0 Å². The average Bonchev–Trinajstić information content (AvgIpc) is 2.28. The number of carboxylic acid groups (broad SMARTS) is 1. The molecule has 0 spiro atoms. The van der Waals surface area contributed by atoms with Gasteiger partial charge < -0.3 is 16.2 Å². The van der Waals surface area contributed by atoms with Gasteiger partial charge in [0.1, 0.15) is 5.69 Å². The fourth-order valence-corrected chi connectivity index (χ4v) is 0.984. The summed E-state index contributed by atoms with van der Waals surface area (Å²) in [5.41, 5.74) is 1.47. The molecular weight excluding hydrogens is 267 g/mol. The number of pyridine rings is 1. The Morgan fingerprint density at radius 3 is 2.32 bits per heavy atom. The molecule has 4 N–H and O–H groups in total. The predicted octanol–water partition coefficient (Wildman–Crippen LogP) is 0.998. The number of halogens is 3. The summed E-state index contributed by atoms with van der Waals surface area (Å²) in [4.78, 5) is 25.3. The zero-order chi connectivity index (χ0) is 14.8. The van der Waals surface area contributed by atoms with E-state index in [0.717, 1.165) is 18.3 Å². The van der Waals surface area contributed by atoms with Crippen molar-refractivity contribution in [3.63, 3.8) is 0 Å². The minimum Gasteiger partial charge on any atom is -0.477 e. The van der Waals surface area contributed by atoms with E-state index < -0.39 is 23.6 Å². The number of anilines is 1. The van der Waals surface area contributed by atoms with Crippen LogP contribution in [-0.4, -0.2) is 33.7 Å². The van der Waals surface area contributed by atoms with Crippen LogP contribution in [0.15, 0.2) is 18.3 Å². The third-order valence-corrected chi connectivity index (χ3v) is 2.30. The first-order valence-corrected chi connectivity index (χ1v) is 4.92. The van der Waals surface area contributed by atoms with Crippen LogP contribution in [-0.2, 0) is 4.79 Å². The van der Waals surface area contributed by atoms with E-state index in [1.807, 2.05) is 5.32 Å². The number of carboxylic acids is 1. The van der Waals surface area contributed by atoms with Crippen molar-refractivity contribution < 1.29 is 27.9 Å². The van der Waals surface area contributed by atoms with Crippen LogP contribution in [0.5, 0.6) is 0 Å². The smallest absolute Gasteiger partial charge is 0.415 e. The molecule has 1 aromatic heterocycles. The molecule has 0 radical (unpaired) electrons. The van der Waals surface area contributed by atoms with Crippen molar-refractivity contribution in [1.29, 1.82) is 0 Å². The summed E-state index contributed by atoms with van der Waals surface area (Å²) in [7, 11) is 0. The van der Waals surface area contributed by atoms with E-state index in [0.29, 0.717) is 6.92 Å². The van der Waals surface area contributed by atoms with Gasteiger partial charge in [-0.3, -0.25) is 4.79 Å². The predicted molar refractivity (Wildman–Crippen MR) is 58.5 cm³/mol. The molecule has 1 heterocycles. The standard InChI is InChI=1S/C10H10F3N3O3/c1-9(14,10(11,12)13)8(19)16-5-2-3-6(7(17)18)15-4-5/h2-4H,14H2,1H3,(H,16,19)(H,17,18). The molecule has 0 aliphatic heterocycles. The summed E-state index contributed by atoms with van der Waals surface area (Å²) in [6, 6.07) is 2.15. The highest BCUT2D eigenvalue weighted by Crippen LogP contribution is 2.28. The zero-order valence-electron chi connectivity index (χ0n) is 9.65. The van der Waals surface area contributed by atoms with Gasteiger partial charge in [0.25, 0.3) is 5.91 Å². The Bertz CT molecular complexity index is 497. The molecule has 0 saturated carbocycles. The number of aromatic carboxylic acids is 1. The van der Waals surface area contributed by atoms with E-state index in [4.69, 9.17) is 10.8 Å². The lowest BCUT2D eigenvalue weighted by Crippen LogP contribution is -2.59. The lowest BCUT2D eigenvalue weighted by molar-refractivity contribution is -0.184. The van der Waals surface area contributed by atoms with Crippen LogP contribution < -0.4 is 11.1 Å². The van der Waals surface area contributed by atoms with E-state index in [2.05, 4.69) is 4.98 Å². The van der Waals surface area contributed by atoms with Crippen LogP contribution >= 0.6 is 0 Å². The van der Waals surface area contributed by atoms with Gasteiger partial charge in [-0.25, -0.2) is 9.78 Å². The molecule has 0 aliphatic rings. The Balaban J connectivity index is 2.86. The maximum Gasteiger partial charge on any atom is 0.415 e. The fourth-order valence-electron chi connectivity index (χ4n) is 0.984. The molecular formula is C10H10F3N3O3. The molecule has 19 heavy (non-hydrogen) atoms. The number of nitrogens with two attached hydrogens (primary N) is 1. The second kappa shape index (κ2) is 4.84. The Morgan fingerprint density at radius 2 is 1.95 bits per heavy atom. The van der Waals surface area contributed by atoms with E-state index in [1.165, 1.54) is 0 Å². The maximum absolute atomic E-state index is 12.5. The van der Waals surface area contributed by atoms with E-state index in [1.54, 1.807) is 0 Å². The summed E-state index contributed by atoms with van der Waals surface area (Å²) < 4.78 is 37.4. The molecule has 0 aliphatic carbocycles. The minimum absolute atomic E-state index is 0.0871. The van der Waals surface area contributed by atoms with Gasteiger partial charge in [-0.1, -0.05) is 0 Å². The molecule has 0 aromatic carbocycles. The highest BCUT2D eigenvalue weighted by atomic mass is 19.4. The number of aromatic nitrogens is 1. The molecule has 1 aromatic rings. The van der Waals surface area contributed by atoms with Gasteiger partial charge in [0.05, 0.1) is 11.9 Å². The van der Waals surface area contributed by atoms with E-state index in [9.17, 15) is 22.8 Å². The van der Waals surface area contributed by atoms with Gasteiger partial charge >= 0.3 is 12.1 Å². The summed E-state index contributed by atoms with van der Waals surface area (Å²) in [5, 5.41) is 10.5. The number of nitrogens with zero attached hydrogens (tertiary/aromatic N) is 1. The van der Waals surface area contributed by atoms with Gasteiger partial charge in [0, 0.05) is 0 Å². The Morgan fingerprint density at radius 1 is 1.37 bits per heavy atom. The third-order valence-electron chi connectivity index (χ3n) is 2.30. The van der Waals surface area contributed by atoms with Crippen molar-refractivity contribution in [1.82, 2.24) is 4.98 Å². The molecule has 104 valence electrons. The van der Waals surface area contributed by atoms with Gasteiger partial charge in [0.2, 0.25) is 0 Å². The largest absolute Gasteiger partial charge is 0.477 e. The van der Waals surface area contributed by atoms with E-state index in [-0.39, 0.29) is 11.4 Å². The molecule has 6 nitrogen and oxygen atoms in total. The highest BCUT2D eigenvalue weighted by molar-refractivity contribution is 5.98. The number of carbonyl (C=O) groups excluding carboxylic acids is 1. The third kappa shape index (κ3) is 3.19. The first-order valence-electron chi connectivity index (χ1n) is 4.92. The number of rotatable bonds is 3. The zero-order valence-corrected chi connectivity index (χ0v) is 9.65. The first kappa shape index (κ1) is 14.9. The van der Waals surface area contributed by atoms with Crippen LogP contribution in [0.3, 0.4) is 0 Å². The number of alkyl halides is 3. The van der Waals surface area contributed by atoms with Crippen molar-refractivity contribution in [3.8, 4) is 0 Å². The second-order valence-electron chi connectivity index (χ2n) is 3.89. The van der Waals surface area contributed by atoms with Gasteiger partial charge in [-0.15, -0.1) is 0 Å². The molecule has 0 fully saturated rings. The number of hydrogen-bond acceptors (Lipinski definition) is 4. The molecule has 1 amide bonds. The van der Waals surface area contributed by atoms with Crippen LogP contribution in [0.1, 0.15) is 17.4 Å². The number of hydrogen-bond donors (Lipinski definition) is 3. The van der Waals surface area contributed by atoms with Crippen molar-refractivity contribution in [2.75, 3.05) is 5.32 Å². The van der Waals surface area contributed by atoms with Gasteiger partial charge in [-0.05, 0) is 19.1 Å². The lowest BCUT2D eigenvalue weighted by Gasteiger charge is -2.26. The van der Waals surface area contributed by atoms with Crippen LogP contribution in [0, 0.1) is 0 Å². The van der Waals surface area contributed by atoms with E-state index >= 15 is 0 Å². The fraction of sp³-hybridized carbons (Fsp3) is 0.300. The minimum atomic E-state index is -4.91. The van der Waals surface area contributed by atoms with Gasteiger partial charge in [0.15, 0.2) is 5.54 Å². The summed E-state index contributed by atoms with van der Waals surface area (Å²) >= 11 is 0. The lowest BCUT2D eigenvalue weighted by atomic mass is 10.0. The molecule has 0 bridgehead atoms. The molecule has 0 saturated heterocycles. The summed E-state index contributed by atoms with van der Waals surface area (Å²) in [5.74, 6) is -2.76. The summed E-state index contributed by atoms with van der Waals surface area (Å²) in [6.07, 6.45) is -3.99. The average molecular weight is 277 g/mol. The van der Waals surface area contributed by atoms with Crippen LogP contribution in [0.4, 0.5) is 18.9 Å². The quantitative estimate of drug-likeness (QED) is 0.764. The Labute approximate surface area is 105 Å². The van der Waals surface area contributed by atoms with Crippen molar-refractivity contribution in [3.05, 3.63) is 24.0 Å². The van der Waals surface area contributed by atoms with Crippen molar-refractivity contribution in [2.24, 2.45) is 5.73 Å². The maximum atomic E-state index is 12.5. The number of nitrogens with one attached hydrogen (secondary N) is 1. The van der Waals surface area contributed by atoms with Crippen molar-refractivity contribution >= 4 is 17.6 Å². The van der Waals surface area contributed by atoms with Crippen molar-refractivity contribution in [2.45, 2.75) is 18.6 Å². The molecule has 1 atom stereocenters. The molecule has 1 rings (SSSR count). The topological polar surface area (TPSA) is 105 Å². The number of amides is 1. The normalized spacial score (nSPS) is 14.6.